The lowest BCUT2D eigenvalue weighted by atomic mass is 9.79. The second-order valence-electron chi connectivity index (χ2n) is 22.7. The number of aliphatic carboxylic acids is 1. The largest absolute Gasteiger partial charge is 0.481 e. The fourth-order valence-corrected chi connectivity index (χ4v) is 12.9. The molecule has 0 bridgehead atoms. The molecule has 8 nitrogen and oxygen atoms in total. The summed E-state index contributed by atoms with van der Waals surface area (Å²) < 4.78 is 23.5. The van der Waals surface area contributed by atoms with Crippen molar-refractivity contribution in [2.45, 2.75) is 199 Å². The minimum absolute atomic E-state index is 0.00795. The lowest BCUT2D eigenvalue weighted by molar-refractivity contribution is -0.148. The number of rotatable bonds is 21. The fraction of sp³-hybridized carbons (Fsp3) is 0.804. The molecule has 0 spiro atoms. The number of carboxylic acids is 1. The Kier molecular flexibility index (Phi) is 17.4. The summed E-state index contributed by atoms with van der Waals surface area (Å²) in [5, 5.41) is 42.4. The van der Waals surface area contributed by atoms with Gasteiger partial charge in [-0.15, -0.1) is 11.3 Å². The number of hydrogen-bond donors (Lipinski definition) is 4. The molecule has 1 aliphatic carbocycles. The van der Waals surface area contributed by atoms with E-state index in [-0.39, 0.29) is 64.9 Å². The van der Waals surface area contributed by atoms with Crippen LogP contribution in [0.2, 0.25) is 54.4 Å². The van der Waals surface area contributed by atoms with E-state index in [1.54, 1.807) is 6.92 Å². The molecule has 3 rings (SSSR count). The number of carboxylic acid groups (broad SMARTS) is 1. The van der Waals surface area contributed by atoms with E-state index in [4.69, 9.17) is 13.3 Å². The van der Waals surface area contributed by atoms with Crippen LogP contribution in [0, 0.1) is 23.2 Å². The van der Waals surface area contributed by atoms with Gasteiger partial charge in [-0.3, -0.25) is 4.79 Å². The molecule has 7 atom stereocenters. The summed E-state index contributed by atoms with van der Waals surface area (Å²) in [5.41, 5.74) is -0.976. The molecule has 0 saturated heterocycles. The van der Waals surface area contributed by atoms with Crippen LogP contribution in [0.25, 0.3) is 10.1 Å². The van der Waals surface area contributed by atoms with Gasteiger partial charge in [0.25, 0.3) is 0 Å². The molecule has 0 aliphatic heterocycles. The Morgan fingerprint density at radius 1 is 0.759 bits per heavy atom. The van der Waals surface area contributed by atoms with Gasteiger partial charge in [0.15, 0.2) is 25.0 Å². The topological polar surface area (TPSA) is 126 Å². The van der Waals surface area contributed by atoms with Gasteiger partial charge in [0.2, 0.25) is 0 Å². The Morgan fingerprint density at radius 2 is 1.26 bits per heavy atom. The highest BCUT2D eigenvalue weighted by molar-refractivity contribution is 7.19. The Labute approximate surface area is 360 Å². The molecular weight excluding hydrogens is 797 g/mol. The SMILES string of the molecule is CC(CO)(CO)CC(C(=O)O)C(O)CCCC[C@@H]1[C@@H](CCC(O[Si](C)(C)C(C)(C)C)c2cc3ccccc3s2)[C@H](O[Si](C)(C)C(C)(C)C)C[C@@H]1O[Si](C)(C)C(C)(C)C. The predicted molar refractivity (Wildman–Crippen MR) is 250 cm³/mol. The molecule has 1 aromatic carbocycles. The van der Waals surface area contributed by atoms with Crippen LogP contribution in [0.4, 0.5) is 0 Å². The van der Waals surface area contributed by atoms with E-state index in [9.17, 15) is 25.2 Å². The maximum atomic E-state index is 12.3. The third kappa shape index (κ3) is 13.0. The zero-order valence-corrected chi connectivity index (χ0v) is 43.1. The minimum atomic E-state index is -2.17. The van der Waals surface area contributed by atoms with E-state index >= 15 is 0 Å². The molecule has 1 fully saturated rings. The molecule has 1 aromatic heterocycles. The average molecular weight is 881 g/mol. The fourth-order valence-electron chi connectivity index (χ4n) is 7.64. The van der Waals surface area contributed by atoms with E-state index in [2.05, 4.69) is 132 Å². The van der Waals surface area contributed by atoms with Crippen LogP contribution in [0.3, 0.4) is 0 Å². The standard InChI is InChI=1S/C46H84O8SSi3/c1-43(2,3)56(11,12)52-37(41-27-32-21-17-20-24-40(32)55-41)26-25-34-33(22-18-19-23-36(49)35(42(50)51)29-46(10,30-47)31-48)38(53-57(13,14)44(4,5)6)28-39(34)54-58(15,16)45(7,8)9/h17,20-21,24,27,33-39,47-49H,18-19,22-23,25-26,28-31H2,1-16H3,(H,50,51)/t33-,34-,35?,36?,37?,38+,39-/m1/s1. The molecule has 1 heterocycles. The van der Waals surface area contributed by atoms with Crippen molar-refractivity contribution in [3.05, 3.63) is 35.2 Å². The quantitative estimate of drug-likeness (QED) is 0.0721. The zero-order chi connectivity index (χ0) is 44.3. The Balaban J connectivity index is 2.02. The Bertz CT molecular complexity index is 1570. The van der Waals surface area contributed by atoms with Gasteiger partial charge in [-0.25, -0.2) is 0 Å². The smallest absolute Gasteiger partial charge is 0.309 e. The molecule has 334 valence electrons. The van der Waals surface area contributed by atoms with E-state index in [1.165, 1.54) is 15.0 Å². The maximum Gasteiger partial charge on any atom is 0.309 e. The minimum Gasteiger partial charge on any atom is -0.481 e. The zero-order valence-electron chi connectivity index (χ0n) is 39.3. The van der Waals surface area contributed by atoms with Gasteiger partial charge in [0, 0.05) is 15.0 Å². The monoisotopic (exact) mass is 881 g/mol. The van der Waals surface area contributed by atoms with Gasteiger partial charge in [-0.05, 0) is 122 Å². The summed E-state index contributed by atoms with van der Waals surface area (Å²) in [7, 11) is -6.48. The molecule has 1 aliphatic rings. The first-order valence-corrected chi connectivity index (χ1v) is 31.6. The first-order valence-electron chi connectivity index (χ1n) is 22.0. The highest BCUT2D eigenvalue weighted by atomic mass is 32.1. The van der Waals surface area contributed by atoms with Gasteiger partial charge in [-0.2, -0.15) is 0 Å². The lowest BCUT2D eigenvalue weighted by Gasteiger charge is -2.41. The third-order valence-electron chi connectivity index (χ3n) is 14.8. The van der Waals surface area contributed by atoms with Gasteiger partial charge in [-0.1, -0.05) is 100 Å². The van der Waals surface area contributed by atoms with Crippen molar-refractivity contribution in [2.24, 2.45) is 23.2 Å². The van der Waals surface area contributed by atoms with Crippen molar-refractivity contribution in [3.8, 4) is 0 Å². The molecule has 0 radical (unpaired) electrons. The van der Waals surface area contributed by atoms with Crippen molar-refractivity contribution in [3.63, 3.8) is 0 Å². The Hall–Kier alpha value is -0.939. The van der Waals surface area contributed by atoms with Crippen LogP contribution in [0.1, 0.15) is 132 Å². The molecule has 1 saturated carbocycles. The average Bonchev–Trinajstić information content (AvgIpc) is 3.65. The highest BCUT2D eigenvalue weighted by Gasteiger charge is 2.51. The number of aliphatic hydroxyl groups excluding tert-OH is 3. The number of hydrogen-bond acceptors (Lipinski definition) is 8. The van der Waals surface area contributed by atoms with Crippen molar-refractivity contribution in [1.29, 1.82) is 0 Å². The summed E-state index contributed by atoms with van der Waals surface area (Å²) in [6.07, 6.45) is 4.42. The van der Waals surface area contributed by atoms with E-state index in [0.717, 1.165) is 32.1 Å². The molecule has 3 unspecified atom stereocenters. The van der Waals surface area contributed by atoms with Crippen LogP contribution in [0.15, 0.2) is 30.3 Å². The van der Waals surface area contributed by atoms with Crippen LogP contribution in [-0.2, 0) is 18.1 Å². The molecule has 12 heteroatoms. The summed E-state index contributed by atoms with van der Waals surface area (Å²) in [4.78, 5) is 13.6. The van der Waals surface area contributed by atoms with Gasteiger partial charge in [0.1, 0.15) is 0 Å². The normalized spacial score (nSPS) is 22.1. The number of thiophene rings is 1. The first-order chi connectivity index (χ1) is 26.4. The van der Waals surface area contributed by atoms with Gasteiger partial charge in [0.05, 0.1) is 43.5 Å². The number of unbranched alkanes of at least 4 members (excludes halogenated alkanes) is 1. The van der Waals surface area contributed by atoms with Crippen LogP contribution in [-0.4, -0.2) is 82.9 Å². The molecule has 4 N–H and O–H groups in total. The second-order valence-corrected chi connectivity index (χ2v) is 38.0. The van der Waals surface area contributed by atoms with Crippen LogP contribution < -0.4 is 0 Å². The number of aliphatic hydroxyl groups is 3. The van der Waals surface area contributed by atoms with Crippen molar-refractivity contribution in [1.82, 2.24) is 0 Å². The Morgan fingerprint density at radius 3 is 1.72 bits per heavy atom. The molecule has 58 heavy (non-hydrogen) atoms. The lowest BCUT2D eigenvalue weighted by Crippen LogP contribution is -2.45. The summed E-state index contributed by atoms with van der Waals surface area (Å²) >= 11 is 1.86. The maximum absolute atomic E-state index is 12.3. The van der Waals surface area contributed by atoms with Crippen LogP contribution in [0.5, 0.6) is 0 Å². The number of fused-ring (bicyclic) bond motifs is 1. The third-order valence-corrected chi connectivity index (χ3v) is 29.5. The summed E-state index contributed by atoms with van der Waals surface area (Å²) in [6, 6.07) is 11.0. The van der Waals surface area contributed by atoms with E-state index in [0.29, 0.717) is 12.8 Å². The predicted octanol–water partition coefficient (Wildman–Crippen LogP) is 12.2. The first kappa shape index (κ1) is 51.4. The van der Waals surface area contributed by atoms with E-state index < -0.39 is 48.4 Å². The van der Waals surface area contributed by atoms with Crippen molar-refractivity contribution < 1.29 is 38.5 Å². The molecular formula is C46H84O8SSi3. The number of benzene rings is 1. The molecule has 0 amide bonds. The van der Waals surface area contributed by atoms with E-state index in [1.807, 2.05) is 11.3 Å². The summed E-state index contributed by atoms with van der Waals surface area (Å²) in [6.45, 7) is 35.9. The second kappa shape index (κ2) is 19.6. The van der Waals surface area contributed by atoms with Crippen LogP contribution >= 0.6 is 11.3 Å². The summed E-state index contributed by atoms with van der Waals surface area (Å²) in [5.74, 6) is -1.68. The number of carbonyl (C=O) groups is 1. The van der Waals surface area contributed by atoms with Gasteiger partial charge >= 0.3 is 5.97 Å². The molecule has 2 aromatic rings. The van der Waals surface area contributed by atoms with Gasteiger partial charge < -0.3 is 33.7 Å². The highest BCUT2D eigenvalue weighted by Crippen LogP contribution is 2.51. The van der Waals surface area contributed by atoms with Crippen molar-refractivity contribution in [2.75, 3.05) is 13.2 Å². The van der Waals surface area contributed by atoms with Crippen molar-refractivity contribution >= 4 is 52.3 Å².